The molecule has 0 bridgehead atoms. The Hall–Kier alpha value is -8.18. The third-order valence-electron chi connectivity index (χ3n) is 13.6. The monoisotopic (exact) mass is 831 g/mol. The highest BCUT2D eigenvalue weighted by atomic mass is 28.3. The molecule has 300 valence electrons. The van der Waals surface area contributed by atoms with Gasteiger partial charge in [-0.15, -0.1) is 0 Å². The number of benzene rings is 10. The van der Waals surface area contributed by atoms with Crippen molar-refractivity contribution >= 4 is 94.2 Å². The lowest BCUT2D eigenvalue weighted by Gasteiger charge is -2.34. The number of hydrogen-bond donors (Lipinski definition) is 0. The smallest absolute Gasteiger partial charge is 0.179 e. The van der Waals surface area contributed by atoms with E-state index in [-0.39, 0.29) is 0 Å². The van der Waals surface area contributed by atoms with Gasteiger partial charge < -0.3 is 13.7 Å². The molecule has 0 aliphatic carbocycles. The zero-order chi connectivity index (χ0) is 42.2. The largest absolute Gasteiger partial charge is 0.309 e. The van der Waals surface area contributed by atoms with Gasteiger partial charge in [-0.25, -0.2) is 0 Å². The van der Waals surface area contributed by atoms with Crippen LogP contribution in [0.15, 0.2) is 249 Å². The van der Waals surface area contributed by atoms with Crippen molar-refractivity contribution in [1.82, 2.24) is 13.7 Å². The number of rotatable bonds is 7. The van der Waals surface area contributed by atoms with E-state index in [2.05, 4.69) is 262 Å². The van der Waals surface area contributed by atoms with Crippen LogP contribution < -0.4 is 20.7 Å². The summed E-state index contributed by atoms with van der Waals surface area (Å²) in [7, 11) is -2.68. The Morgan fingerprint density at radius 2 is 0.516 bits per heavy atom. The average molecular weight is 832 g/mol. The lowest BCUT2D eigenvalue weighted by molar-refractivity contribution is 1.15. The second-order valence-corrected chi connectivity index (χ2v) is 20.7. The Balaban J connectivity index is 1.00. The molecule has 0 aliphatic rings. The van der Waals surface area contributed by atoms with Crippen LogP contribution in [0.2, 0.25) is 0 Å². The lowest BCUT2D eigenvalue weighted by Crippen LogP contribution is -2.74. The summed E-state index contributed by atoms with van der Waals surface area (Å²) in [5, 5.41) is 12.9. The second kappa shape index (κ2) is 14.5. The SMILES string of the molecule is c1ccc([Si](c2ccccc2)(c2ccccc2)c2ccc(-n3c4ccccc4c4ccc(-n5c6ccccc6c6cc(-n7c8ccccc8c8ccccc87)ccc65)cc43)cc2)cc1. The molecule has 0 saturated carbocycles. The fourth-order valence-electron chi connectivity index (χ4n) is 10.9. The van der Waals surface area contributed by atoms with Gasteiger partial charge >= 0.3 is 0 Å². The highest BCUT2D eigenvalue weighted by molar-refractivity contribution is 7.19. The van der Waals surface area contributed by atoms with E-state index in [1.165, 1.54) is 86.2 Å². The van der Waals surface area contributed by atoms with Crippen molar-refractivity contribution in [3.63, 3.8) is 0 Å². The van der Waals surface area contributed by atoms with Crippen molar-refractivity contribution in [1.29, 1.82) is 0 Å². The molecule has 0 N–H and O–H groups in total. The van der Waals surface area contributed by atoms with Crippen LogP contribution in [-0.4, -0.2) is 21.8 Å². The lowest BCUT2D eigenvalue weighted by atomic mass is 10.1. The highest BCUT2D eigenvalue weighted by Gasteiger charge is 2.41. The van der Waals surface area contributed by atoms with Crippen LogP contribution in [0.25, 0.3) is 82.5 Å². The first-order valence-corrected chi connectivity index (χ1v) is 24.1. The first-order valence-electron chi connectivity index (χ1n) is 22.1. The molecule has 0 amide bonds. The van der Waals surface area contributed by atoms with Gasteiger partial charge in [0.1, 0.15) is 0 Å². The molecule has 0 aliphatic heterocycles. The molecule has 4 heteroatoms. The molecule has 0 fully saturated rings. The van der Waals surface area contributed by atoms with Crippen LogP contribution in [0.3, 0.4) is 0 Å². The Bertz CT molecular complexity index is 3730. The van der Waals surface area contributed by atoms with Crippen LogP contribution in [-0.2, 0) is 0 Å². The van der Waals surface area contributed by atoms with E-state index in [4.69, 9.17) is 0 Å². The van der Waals surface area contributed by atoms with Crippen LogP contribution in [0.5, 0.6) is 0 Å². The molecule has 0 saturated heterocycles. The normalized spacial score (nSPS) is 12.1. The van der Waals surface area contributed by atoms with Crippen molar-refractivity contribution in [3.05, 3.63) is 249 Å². The van der Waals surface area contributed by atoms with Gasteiger partial charge in [-0.1, -0.05) is 182 Å². The average Bonchev–Trinajstić information content (AvgIpc) is 4.01. The van der Waals surface area contributed by atoms with Crippen LogP contribution in [0.4, 0.5) is 0 Å². The zero-order valence-electron chi connectivity index (χ0n) is 35.0. The van der Waals surface area contributed by atoms with E-state index in [0.29, 0.717) is 0 Å². The van der Waals surface area contributed by atoms with E-state index < -0.39 is 8.07 Å². The summed E-state index contributed by atoms with van der Waals surface area (Å²) in [6, 6.07) is 92.2. The van der Waals surface area contributed by atoms with Crippen molar-refractivity contribution in [2.24, 2.45) is 0 Å². The molecule has 10 aromatic carbocycles. The van der Waals surface area contributed by atoms with Crippen molar-refractivity contribution in [2.45, 2.75) is 0 Å². The summed E-state index contributed by atoms with van der Waals surface area (Å²) in [6.45, 7) is 0. The quantitative estimate of drug-likeness (QED) is 0.112. The summed E-state index contributed by atoms with van der Waals surface area (Å²) >= 11 is 0. The predicted molar refractivity (Wildman–Crippen MR) is 273 cm³/mol. The van der Waals surface area contributed by atoms with Crippen LogP contribution in [0, 0.1) is 0 Å². The molecule has 3 aromatic heterocycles. The fourth-order valence-corrected chi connectivity index (χ4v) is 15.6. The Kier molecular flexibility index (Phi) is 8.23. The topological polar surface area (TPSA) is 14.8 Å². The van der Waals surface area contributed by atoms with Gasteiger partial charge in [-0.3, -0.25) is 0 Å². The van der Waals surface area contributed by atoms with E-state index in [1.54, 1.807) is 0 Å². The molecular weight excluding hydrogens is 791 g/mol. The maximum Gasteiger partial charge on any atom is 0.179 e. The third kappa shape index (κ3) is 5.33. The Morgan fingerprint density at radius 3 is 0.984 bits per heavy atom. The molecule has 0 spiro atoms. The highest BCUT2D eigenvalue weighted by Crippen LogP contribution is 2.39. The van der Waals surface area contributed by atoms with E-state index in [0.717, 1.165) is 17.1 Å². The van der Waals surface area contributed by atoms with Gasteiger partial charge in [0.15, 0.2) is 8.07 Å². The molecule has 13 aromatic rings. The minimum atomic E-state index is -2.68. The number of para-hydroxylation sites is 4. The van der Waals surface area contributed by atoms with Gasteiger partial charge in [0, 0.05) is 49.4 Å². The fraction of sp³-hybridized carbons (Fsp3) is 0. The number of fused-ring (bicyclic) bond motifs is 9. The molecule has 0 atom stereocenters. The predicted octanol–water partition coefficient (Wildman–Crippen LogP) is 12.4. The molecule has 64 heavy (non-hydrogen) atoms. The Labute approximate surface area is 372 Å². The maximum atomic E-state index is 2.46. The molecule has 3 nitrogen and oxygen atoms in total. The number of nitrogens with zero attached hydrogens (tertiary/aromatic N) is 3. The number of aromatic nitrogens is 3. The van der Waals surface area contributed by atoms with Gasteiger partial charge in [0.2, 0.25) is 0 Å². The minimum Gasteiger partial charge on any atom is -0.309 e. The van der Waals surface area contributed by atoms with Gasteiger partial charge in [-0.05, 0) is 87.5 Å². The first-order chi connectivity index (χ1) is 31.8. The molecule has 0 radical (unpaired) electrons. The zero-order valence-corrected chi connectivity index (χ0v) is 36.0. The van der Waals surface area contributed by atoms with Gasteiger partial charge in [-0.2, -0.15) is 0 Å². The van der Waals surface area contributed by atoms with Crippen molar-refractivity contribution in [2.75, 3.05) is 0 Å². The van der Waals surface area contributed by atoms with Crippen molar-refractivity contribution < 1.29 is 0 Å². The van der Waals surface area contributed by atoms with Crippen LogP contribution >= 0.6 is 0 Å². The van der Waals surface area contributed by atoms with E-state index >= 15 is 0 Å². The molecular formula is C60H41N3Si. The maximum absolute atomic E-state index is 2.68. The molecule has 13 rings (SSSR count). The summed E-state index contributed by atoms with van der Waals surface area (Å²) < 4.78 is 7.32. The second-order valence-electron chi connectivity index (χ2n) is 16.9. The Morgan fingerprint density at radius 1 is 0.203 bits per heavy atom. The molecule has 3 heterocycles. The molecule has 0 unspecified atom stereocenters. The van der Waals surface area contributed by atoms with Crippen molar-refractivity contribution in [3.8, 4) is 17.1 Å². The standard InChI is InChI=1S/C60H41N3Si/c1-4-18-45(19-5-1)64(46-20-6-2-7-21-46,47-22-8-3-9-23-47)48-36-32-42(33-37-48)61-55-28-14-12-26-51(55)53-38-34-44(41-60(53)61)63-58-31-17-13-27-52(58)54-40-43(35-39-59(54)63)62-56-29-15-10-24-49(56)50-25-11-16-30-57(50)62/h1-41H. The van der Waals surface area contributed by atoms with Crippen LogP contribution in [0.1, 0.15) is 0 Å². The summed E-state index contributed by atoms with van der Waals surface area (Å²) in [6.07, 6.45) is 0. The van der Waals surface area contributed by atoms with E-state index in [1.807, 2.05) is 0 Å². The summed E-state index contributed by atoms with van der Waals surface area (Å²) in [4.78, 5) is 0. The first kappa shape index (κ1) is 36.5. The number of hydrogen-bond acceptors (Lipinski definition) is 0. The van der Waals surface area contributed by atoms with E-state index in [9.17, 15) is 0 Å². The summed E-state index contributed by atoms with van der Waals surface area (Å²) in [5.41, 5.74) is 10.6. The summed E-state index contributed by atoms with van der Waals surface area (Å²) in [5.74, 6) is 0. The minimum absolute atomic E-state index is 1.13. The van der Waals surface area contributed by atoms with Gasteiger partial charge in [0.05, 0.1) is 33.1 Å². The van der Waals surface area contributed by atoms with Gasteiger partial charge in [0.25, 0.3) is 0 Å². The third-order valence-corrected chi connectivity index (χ3v) is 18.4.